The molecule has 8 heteroatoms. The van der Waals surface area contributed by atoms with Crippen LogP contribution >= 0.6 is 11.6 Å². The summed E-state index contributed by atoms with van der Waals surface area (Å²) in [6.45, 7) is 3.17. The number of benzene rings is 2. The van der Waals surface area contributed by atoms with Gasteiger partial charge in [-0.1, -0.05) is 30.7 Å². The number of amides is 2. The van der Waals surface area contributed by atoms with Gasteiger partial charge in [-0.2, -0.15) is 0 Å². The number of nitrogens with zero attached hydrogens (tertiary/aromatic N) is 2. The molecule has 3 rings (SSSR count). The number of hydrogen-bond acceptors (Lipinski definition) is 5. The lowest BCUT2D eigenvalue weighted by atomic mass is 9.89. The molecule has 31 heavy (non-hydrogen) atoms. The molecule has 1 aliphatic rings. The van der Waals surface area contributed by atoms with E-state index in [1.165, 1.54) is 14.2 Å². The first-order valence-electron chi connectivity index (χ1n) is 10.1. The third kappa shape index (κ3) is 4.62. The van der Waals surface area contributed by atoms with Crippen molar-refractivity contribution in [3.63, 3.8) is 0 Å². The van der Waals surface area contributed by atoms with Crippen molar-refractivity contribution in [2.45, 2.75) is 18.9 Å². The lowest BCUT2D eigenvalue weighted by Gasteiger charge is -2.39. The summed E-state index contributed by atoms with van der Waals surface area (Å²) in [6.07, 6.45) is 0.219. The summed E-state index contributed by atoms with van der Waals surface area (Å²) in [5.41, 5.74) is -0.696. The Kier molecular flexibility index (Phi) is 7.08. The van der Waals surface area contributed by atoms with Gasteiger partial charge in [-0.3, -0.25) is 9.59 Å². The molecule has 2 amide bonds. The summed E-state index contributed by atoms with van der Waals surface area (Å²) in [6, 6.07) is 11.8. The number of carbonyl (C=O) groups excluding carboxylic acids is 2. The summed E-state index contributed by atoms with van der Waals surface area (Å²) in [7, 11) is 3.06. The monoisotopic (exact) mass is 446 g/mol. The average Bonchev–Trinajstić information content (AvgIpc) is 2.82. The molecule has 0 aliphatic carbocycles. The van der Waals surface area contributed by atoms with E-state index in [1.54, 1.807) is 59.2 Å². The summed E-state index contributed by atoms with van der Waals surface area (Å²) in [4.78, 5) is 29.4. The molecule has 1 N–H and O–H groups in total. The third-order valence-corrected chi connectivity index (χ3v) is 5.89. The van der Waals surface area contributed by atoms with Gasteiger partial charge in [0.25, 0.3) is 11.8 Å². The Morgan fingerprint density at radius 3 is 2.23 bits per heavy atom. The lowest BCUT2D eigenvalue weighted by molar-refractivity contribution is -0.154. The van der Waals surface area contributed by atoms with E-state index in [2.05, 4.69) is 0 Å². The molecule has 0 aromatic heterocycles. The van der Waals surface area contributed by atoms with Crippen molar-refractivity contribution < 1.29 is 24.2 Å². The summed E-state index contributed by atoms with van der Waals surface area (Å²) in [5.74, 6) is 0.509. The van der Waals surface area contributed by atoms with Gasteiger partial charge in [-0.25, -0.2) is 0 Å². The zero-order chi connectivity index (χ0) is 22.6. The van der Waals surface area contributed by atoms with E-state index in [4.69, 9.17) is 21.1 Å². The van der Waals surface area contributed by atoms with E-state index in [0.717, 1.165) is 0 Å². The maximum absolute atomic E-state index is 13.2. The minimum Gasteiger partial charge on any atom is -0.493 e. The van der Waals surface area contributed by atoms with E-state index >= 15 is 0 Å². The Morgan fingerprint density at radius 2 is 1.65 bits per heavy atom. The highest BCUT2D eigenvalue weighted by molar-refractivity contribution is 6.30. The largest absolute Gasteiger partial charge is 0.493 e. The summed E-state index contributed by atoms with van der Waals surface area (Å²) in [5, 5.41) is 11.6. The highest BCUT2D eigenvalue weighted by Gasteiger charge is 2.40. The minimum absolute atomic E-state index is 0.145. The maximum atomic E-state index is 13.2. The molecular weight excluding hydrogens is 420 g/mol. The lowest BCUT2D eigenvalue weighted by Crippen LogP contribution is -2.55. The smallest absolute Gasteiger partial charge is 0.259 e. The van der Waals surface area contributed by atoms with Crippen LogP contribution in [-0.2, 0) is 10.4 Å². The molecule has 1 saturated heterocycles. The molecule has 1 unspecified atom stereocenters. The normalized spacial score (nSPS) is 15.9. The van der Waals surface area contributed by atoms with Crippen LogP contribution in [0.3, 0.4) is 0 Å². The Balaban J connectivity index is 1.70. The number of hydrogen-bond donors (Lipinski definition) is 1. The Morgan fingerprint density at radius 1 is 1.00 bits per heavy atom. The van der Waals surface area contributed by atoms with E-state index in [0.29, 0.717) is 53.8 Å². The molecule has 2 aromatic carbocycles. The van der Waals surface area contributed by atoms with Crippen LogP contribution in [0.4, 0.5) is 0 Å². The molecule has 2 aromatic rings. The van der Waals surface area contributed by atoms with Crippen LogP contribution in [0, 0.1) is 0 Å². The van der Waals surface area contributed by atoms with Crippen LogP contribution < -0.4 is 9.47 Å². The molecule has 166 valence electrons. The zero-order valence-corrected chi connectivity index (χ0v) is 18.7. The van der Waals surface area contributed by atoms with Crippen LogP contribution in [0.25, 0.3) is 0 Å². The van der Waals surface area contributed by atoms with Gasteiger partial charge in [0.2, 0.25) is 0 Å². The van der Waals surface area contributed by atoms with Gasteiger partial charge in [0, 0.05) is 36.8 Å². The maximum Gasteiger partial charge on any atom is 0.259 e. The molecule has 1 heterocycles. The highest BCUT2D eigenvalue weighted by Crippen LogP contribution is 2.31. The fourth-order valence-corrected chi connectivity index (χ4v) is 3.94. The summed E-state index contributed by atoms with van der Waals surface area (Å²) < 4.78 is 10.5. The van der Waals surface area contributed by atoms with Crippen molar-refractivity contribution in [1.82, 2.24) is 9.80 Å². The minimum atomic E-state index is -1.65. The fraction of sp³-hybridized carbons (Fsp3) is 0.391. The molecule has 1 fully saturated rings. The van der Waals surface area contributed by atoms with E-state index in [9.17, 15) is 14.7 Å². The number of rotatable bonds is 6. The van der Waals surface area contributed by atoms with Gasteiger partial charge in [0.05, 0.1) is 14.2 Å². The molecule has 0 spiro atoms. The topological polar surface area (TPSA) is 79.3 Å². The number of carbonyl (C=O) groups is 2. The van der Waals surface area contributed by atoms with Crippen LogP contribution in [0.5, 0.6) is 11.5 Å². The fourth-order valence-electron chi connectivity index (χ4n) is 3.75. The Hall–Kier alpha value is -2.77. The predicted molar refractivity (Wildman–Crippen MR) is 118 cm³/mol. The van der Waals surface area contributed by atoms with E-state index in [-0.39, 0.29) is 18.2 Å². The highest BCUT2D eigenvalue weighted by atomic mass is 35.5. The van der Waals surface area contributed by atoms with Crippen LogP contribution in [0.15, 0.2) is 42.5 Å². The number of halogens is 1. The van der Waals surface area contributed by atoms with Crippen molar-refractivity contribution in [3.05, 3.63) is 58.6 Å². The number of piperazine rings is 1. The Bertz CT molecular complexity index is 959. The molecule has 0 bridgehead atoms. The van der Waals surface area contributed by atoms with Crippen LogP contribution in [0.1, 0.15) is 29.3 Å². The second-order valence-electron chi connectivity index (χ2n) is 7.38. The van der Waals surface area contributed by atoms with Crippen molar-refractivity contribution in [2.75, 3.05) is 40.4 Å². The average molecular weight is 447 g/mol. The number of aliphatic hydroxyl groups is 1. The molecule has 0 saturated carbocycles. The SMILES string of the molecule is CCC(O)(C(=O)N1CCN(C(=O)c2ccc(OC)c(OC)c2)CC1)c1cccc(Cl)c1. The molecular formula is C23H27ClN2O5. The van der Waals surface area contributed by atoms with Crippen LogP contribution in [-0.4, -0.2) is 67.1 Å². The first-order chi connectivity index (χ1) is 14.8. The first kappa shape index (κ1) is 22.9. The van der Waals surface area contributed by atoms with Gasteiger partial charge in [-0.15, -0.1) is 0 Å². The quantitative estimate of drug-likeness (QED) is 0.738. The zero-order valence-electron chi connectivity index (χ0n) is 17.9. The Labute approximate surface area is 187 Å². The summed E-state index contributed by atoms with van der Waals surface area (Å²) >= 11 is 6.05. The first-order valence-corrected chi connectivity index (χ1v) is 10.5. The van der Waals surface area contributed by atoms with E-state index in [1.807, 2.05) is 0 Å². The second kappa shape index (κ2) is 9.58. The third-order valence-electron chi connectivity index (χ3n) is 5.65. The van der Waals surface area contributed by atoms with Gasteiger partial charge in [0.15, 0.2) is 17.1 Å². The van der Waals surface area contributed by atoms with Crippen molar-refractivity contribution in [3.8, 4) is 11.5 Å². The molecule has 1 atom stereocenters. The van der Waals surface area contributed by atoms with Gasteiger partial charge in [-0.05, 0) is 42.3 Å². The van der Waals surface area contributed by atoms with Crippen LogP contribution in [0.2, 0.25) is 5.02 Å². The van der Waals surface area contributed by atoms with Gasteiger partial charge >= 0.3 is 0 Å². The van der Waals surface area contributed by atoms with Gasteiger partial charge < -0.3 is 24.4 Å². The second-order valence-corrected chi connectivity index (χ2v) is 7.81. The molecule has 7 nitrogen and oxygen atoms in total. The predicted octanol–water partition coefficient (Wildman–Crippen LogP) is 2.94. The van der Waals surface area contributed by atoms with Crippen molar-refractivity contribution in [1.29, 1.82) is 0 Å². The van der Waals surface area contributed by atoms with Gasteiger partial charge in [0.1, 0.15) is 0 Å². The number of methoxy groups -OCH3 is 2. The molecule has 1 aliphatic heterocycles. The van der Waals surface area contributed by atoms with E-state index < -0.39 is 5.60 Å². The number of ether oxygens (including phenoxy) is 2. The standard InChI is InChI=1S/C23H27ClN2O5/c1-4-23(29,17-6-5-7-18(24)15-17)22(28)26-12-10-25(11-13-26)21(27)16-8-9-19(30-2)20(14-16)31-3/h5-9,14-15,29H,4,10-13H2,1-3H3. The molecule has 0 radical (unpaired) electrons. The van der Waals surface area contributed by atoms with Crippen molar-refractivity contribution in [2.24, 2.45) is 0 Å². The van der Waals surface area contributed by atoms with Crippen molar-refractivity contribution >= 4 is 23.4 Å².